The highest BCUT2D eigenvalue weighted by Gasteiger charge is 2.21. The number of nitriles is 1. The third-order valence-electron chi connectivity index (χ3n) is 2.76. The summed E-state index contributed by atoms with van der Waals surface area (Å²) in [6, 6.07) is 7.91. The summed E-state index contributed by atoms with van der Waals surface area (Å²) in [7, 11) is 0. The molecule has 1 aromatic carbocycles. The second-order valence-corrected chi connectivity index (χ2v) is 4.33. The zero-order valence-corrected chi connectivity index (χ0v) is 9.87. The van der Waals surface area contributed by atoms with E-state index in [1.165, 1.54) is 0 Å². The Bertz CT molecular complexity index is 428. The van der Waals surface area contributed by atoms with Gasteiger partial charge in [0.05, 0.1) is 24.5 Å². The van der Waals surface area contributed by atoms with Crippen LogP contribution >= 0.6 is 11.6 Å². The first-order chi connectivity index (χ1) is 7.72. The highest BCUT2D eigenvalue weighted by molar-refractivity contribution is 6.30. The summed E-state index contributed by atoms with van der Waals surface area (Å²) in [5.74, 6) is 0. The van der Waals surface area contributed by atoms with Crippen LogP contribution in [0, 0.1) is 11.3 Å². The summed E-state index contributed by atoms with van der Waals surface area (Å²) in [5.41, 5.74) is 1.57. The lowest BCUT2D eigenvalue weighted by Gasteiger charge is -2.35. The lowest BCUT2D eigenvalue weighted by molar-refractivity contribution is 0.0989. The smallest absolute Gasteiger partial charge is 0.101 e. The molecule has 1 fully saturated rings. The van der Waals surface area contributed by atoms with E-state index in [1.54, 1.807) is 6.07 Å². The van der Waals surface area contributed by atoms with Gasteiger partial charge in [0.25, 0.3) is 0 Å². The molecule has 0 spiro atoms. The maximum absolute atomic E-state index is 9.09. The van der Waals surface area contributed by atoms with Crippen molar-refractivity contribution in [3.8, 4) is 6.07 Å². The Morgan fingerprint density at radius 3 is 3.06 bits per heavy atom. The Hall–Kier alpha value is -1.24. The molecule has 0 aliphatic carbocycles. The second-order valence-electron chi connectivity index (χ2n) is 3.89. The summed E-state index contributed by atoms with van der Waals surface area (Å²) >= 11 is 5.88. The van der Waals surface area contributed by atoms with Crippen LogP contribution in [0.3, 0.4) is 0 Å². The first kappa shape index (κ1) is 11.3. The fourth-order valence-corrected chi connectivity index (χ4v) is 2.11. The topological polar surface area (TPSA) is 36.3 Å². The SMILES string of the molecule is CC1COCCN1c1ccc(Cl)cc1C#N. The monoisotopic (exact) mass is 236 g/mol. The summed E-state index contributed by atoms with van der Waals surface area (Å²) in [6.45, 7) is 4.32. The van der Waals surface area contributed by atoms with Crippen molar-refractivity contribution < 1.29 is 4.74 Å². The molecule has 0 radical (unpaired) electrons. The fourth-order valence-electron chi connectivity index (χ4n) is 1.93. The number of ether oxygens (including phenoxy) is 1. The van der Waals surface area contributed by atoms with Crippen LogP contribution in [-0.4, -0.2) is 25.8 Å². The fraction of sp³-hybridized carbons (Fsp3) is 0.417. The van der Waals surface area contributed by atoms with Crippen molar-refractivity contribution in [3.63, 3.8) is 0 Å². The average molecular weight is 237 g/mol. The molecule has 1 aromatic rings. The van der Waals surface area contributed by atoms with Gasteiger partial charge in [-0.1, -0.05) is 11.6 Å². The van der Waals surface area contributed by atoms with Crippen LogP contribution in [0.25, 0.3) is 0 Å². The molecule has 1 unspecified atom stereocenters. The number of rotatable bonds is 1. The Labute approximate surface area is 100 Å². The Kier molecular flexibility index (Phi) is 3.33. The number of benzene rings is 1. The van der Waals surface area contributed by atoms with Crippen molar-refractivity contribution in [1.29, 1.82) is 5.26 Å². The van der Waals surface area contributed by atoms with Crippen molar-refractivity contribution in [2.75, 3.05) is 24.7 Å². The zero-order chi connectivity index (χ0) is 11.5. The summed E-state index contributed by atoms with van der Waals surface area (Å²) in [4.78, 5) is 2.19. The maximum Gasteiger partial charge on any atom is 0.101 e. The quantitative estimate of drug-likeness (QED) is 0.752. The van der Waals surface area contributed by atoms with Crippen LogP contribution in [0.4, 0.5) is 5.69 Å². The zero-order valence-electron chi connectivity index (χ0n) is 9.11. The predicted molar refractivity (Wildman–Crippen MR) is 63.8 cm³/mol. The molecule has 0 saturated carbocycles. The molecule has 0 amide bonds. The molecule has 0 N–H and O–H groups in total. The van der Waals surface area contributed by atoms with E-state index in [0.717, 1.165) is 12.2 Å². The van der Waals surface area contributed by atoms with Crippen LogP contribution in [0.1, 0.15) is 12.5 Å². The first-order valence-electron chi connectivity index (χ1n) is 5.26. The summed E-state index contributed by atoms with van der Waals surface area (Å²) in [6.07, 6.45) is 0. The van der Waals surface area contributed by atoms with Gasteiger partial charge in [-0.2, -0.15) is 5.26 Å². The molecule has 84 valence electrons. The van der Waals surface area contributed by atoms with E-state index in [1.807, 2.05) is 12.1 Å². The minimum Gasteiger partial charge on any atom is -0.377 e. The molecular weight excluding hydrogens is 224 g/mol. The van der Waals surface area contributed by atoms with Crippen molar-refractivity contribution >= 4 is 17.3 Å². The van der Waals surface area contributed by atoms with Gasteiger partial charge in [-0.15, -0.1) is 0 Å². The van der Waals surface area contributed by atoms with E-state index >= 15 is 0 Å². The van der Waals surface area contributed by atoms with Gasteiger partial charge in [-0.05, 0) is 25.1 Å². The Balaban J connectivity index is 2.35. The molecule has 1 aliphatic rings. The highest BCUT2D eigenvalue weighted by Crippen LogP contribution is 2.26. The van der Waals surface area contributed by atoms with Crippen LogP contribution < -0.4 is 4.90 Å². The standard InChI is InChI=1S/C12H13ClN2O/c1-9-8-16-5-4-15(9)12-3-2-11(13)6-10(12)7-14/h2-3,6,9H,4-5,8H2,1H3. The number of halogens is 1. The number of hydrogen-bond acceptors (Lipinski definition) is 3. The maximum atomic E-state index is 9.09. The van der Waals surface area contributed by atoms with Crippen molar-refractivity contribution in [3.05, 3.63) is 28.8 Å². The highest BCUT2D eigenvalue weighted by atomic mass is 35.5. The van der Waals surface area contributed by atoms with Gasteiger partial charge in [-0.3, -0.25) is 0 Å². The van der Waals surface area contributed by atoms with Crippen molar-refractivity contribution in [2.45, 2.75) is 13.0 Å². The molecule has 16 heavy (non-hydrogen) atoms. The van der Waals surface area contributed by atoms with Crippen molar-refractivity contribution in [2.24, 2.45) is 0 Å². The van der Waals surface area contributed by atoms with Crippen molar-refractivity contribution in [1.82, 2.24) is 0 Å². The van der Waals surface area contributed by atoms with E-state index in [-0.39, 0.29) is 0 Å². The van der Waals surface area contributed by atoms with Gasteiger partial charge in [-0.25, -0.2) is 0 Å². The van der Waals surface area contributed by atoms with Crippen LogP contribution in [-0.2, 0) is 4.74 Å². The van der Waals surface area contributed by atoms with E-state index in [4.69, 9.17) is 21.6 Å². The minimum absolute atomic E-state index is 0.294. The predicted octanol–water partition coefficient (Wildman–Crippen LogP) is 2.44. The van der Waals surface area contributed by atoms with Gasteiger partial charge in [0.2, 0.25) is 0 Å². The Morgan fingerprint density at radius 1 is 1.56 bits per heavy atom. The first-order valence-corrected chi connectivity index (χ1v) is 5.64. The molecule has 0 bridgehead atoms. The van der Waals surface area contributed by atoms with E-state index in [9.17, 15) is 0 Å². The molecule has 2 rings (SSSR count). The third kappa shape index (κ3) is 2.13. The molecule has 1 saturated heterocycles. The third-order valence-corrected chi connectivity index (χ3v) is 2.99. The summed E-state index contributed by atoms with van der Waals surface area (Å²) in [5, 5.41) is 9.69. The normalized spacial score (nSPS) is 20.6. The molecule has 0 aromatic heterocycles. The van der Waals surface area contributed by atoms with E-state index < -0.39 is 0 Å². The van der Waals surface area contributed by atoms with E-state index in [2.05, 4.69) is 17.9 Å². The average Bonchev–Trinajstić information content (AvgIpc) is 2.30. The van der Waals surface area contributed by atoms with Crippen LogP contribution in [0.5, 0.6) is 0 Å². The molecule has 4 heteroatoms. The molecule has 3 nitrogen and oxygen atoms in total. The van der Waals surface area contributed by atoms with E-state index in [0.29, 0.717) is 29.8 Å². The summed E-state index contributed by atoms with van der Waals surface area (Å²) < 4.78 is 5.38. The van der Waals surface area contributed by atoms with Crippen LogP contribution in [0.15, 0.2) is 18.2 Å². The lowest BCUT2D eigenvalue weighted by Crippen LogP contribution is -2.44. The van der Waals surface area contributed by atoms with Gasteiger partial charge in [0.1, 0.15) is 6.07 Å². The molecular formula is C12H13ClN2O. The Morgan fingerprint density at radius 2 is 2.38 bits per heavy atom. The largest absolute Gasteiger partial charge is 0.377 e. The van der Waals surface area contributed by atoms with Gasteiger partial charge in [0, 0.05) is 17.6 Å². The van der Waals surface area contributed by atoms with Gasteiger partial charge >= 0.3 is 0 Å². The number of anilines is 1. The minimum atomic E-state index is 0.294. The number of morpholine rings is 1. The van der Waals surface area contributed by atoms with Gasteiger partial charge in [0.15, 0.2) is 0 Å². The van der Waals surface area contributed by atoms with Gasteiger partial charge < -0.3 is 9.64 Å². The lowest BCUT2D eigenvalue weighted by atomic mass is 10.1. The number of hydrogen-bond donors (Lipinski definition) is 0. The number of nitrogens with zero attached hydrogens (tertiary/aromatic N) is 2. The molecule has 1 aliphatic heterocycles. The molecule has 1 atom stereocenters. The van der Waals surface area contributed by atoms with Crippen LogP contribution in [0.2, 0.25) is 5.02 Å². The molecule has 1 heterocycles. The second kappa shape index (κ2) is 4.73.